The first kappa shape index (κ1) is 18.4. The van der Waals surface area contributed by atoms with Gasteiger partial charge in [-0.3, -0.25) is 0 Å². The second kappa shape index (κ2) is 7.10. The summed E-state index contributed by atoms with van der Waals surface area (Å²) in [4.78, 5) is 4.55. The van der Waals surface area contributed by atoms with Gasteiger partial charge in [-0.15, -0.1) is 0 Å². The van der Waals surface area contributed by atoms with E-state index in [1.165, 1.54) is 26.3 Å². The van der Waals surface area contributed by atoms with Crippen molar-refractivity contribution in [3.63, 3.8) is 0 Å². The zero-order valence-electron chi connectivity index (χ0n) is 17.4. The summed E-state index contributed by atoms with van der Waals surface area (Å²) in [5.74, 6) is 0.923. The second-order valence-corrected chi connectivity index (χ2v) is 9.19. The molecule has 0 fully saturated rings. The first-order valence-electron chi connectivity index (χ1n) is 10.4. The van der Waals surface area contributed by atoms with Gasteiger partial charge in [0.2, 0.25) is 0 Å². The lowest BCUT2D eigenvalue weighted by Crippen LogP contribution is -2.21. The highest BCUT2D eigenvalue weighted by Crippen LogP contribution is 2.54. The van der Waals surface area contributed by atoms with E-state index in [4.69, 9.17) is 4.74 Å². The molecule has 1 atom stereocenters. The number of para-hydroxylation sites is 1. The minimum Gasteiger partial charge on any atom is -0.480 e. The zero-order valence-corrected chi connectivity index (χ0v) is 18.2. The number of rotatable bonds is 2. The predicted octanol–water partition coefficient (Wildman–Crippen LogP) is 6.93. The summed E-state index contributed by atoms with van der Waals surface area (Å²) < 4.78 is 6.68. The van der Waals surface area contributed by atoms with Crippen molar-refractivity contribution in [3.8, 4) is 5.75 Å². The van der Waals surface area contributed by atoms with Crippen LogP contribution in [-0.4, -0.2) is 14.1 Å². The Morgan fingerprint density at radius 1 is 0.839 bits per heavy atom. The van der Waals surface area contributed by atoms with Gasteiger partial charge in [0.05, 0.1) is 16.3 Å². The molecule has 4 aromatic rings. The Bertz CT molecular complexity index is 1340. The standard InChI is InChI=1S/C27H22N2OS/c1-29(2)19-14-11-18(12-15-19)26-27-25(28-21-9-5-6-10-23(21)31-27)24-20-8-4-3-7-17(20)13-16-22(24)30-26/h3-16,26,28H,1-2H3. The van der Waals surface area contributed by atoms with Gasteiger partial charge in [-0.1, -0.05) is 66.4 Å². The Hall–Kier alpha value is -3.37. The van der Waals surface area contributed by atoms with Gasteiger partial charge in [0.1, 0.15) is 5.75 Å². The molecule has 31 heavy (non-hydrogen) atoms. The third kappa shape index (κ3) is 2.98. The summed E-state index contributed by atoms with van der Waals surface area (Å²) in [6.45, 7) is 0. The molecule has 2 aliphatic heterocycles. The molecule has 0 saturated carbocycles. The Morgan fingerprint density at radius 3 is 2.45 bits per heavy atom. The molecule has 1 unspecified atom stereocenters. The van der Waals surface area contributed by atoms with Crippen LogP contribution in [0.25, 0.3) is 16.5 Å². The van der Waals surface area contributed by atoms with Crippen molar-refractivity contribution in [2.75, 3.05) is 24.3 Å². The van der Waals surface area contributed by atoms with Crippen LogP contribution in [0, 0.1) is 0 Å². The summed E-state index contributed by atoms with van der Waals surface area (Å²) in [5.41, 5.74) is 5.79. The normalized spacial score (nSPS) is 16.6. The van der Waals surface area contributed by atoms with Crippen LogP contribution in [0.3, 0.4) is 0 Å². The number of fused-ring (bicyclic) bond motifs is 5. The fraction of sp³-hybridized carbons (Fsp3) is 0.111. The Balaban J connectivity index is 1.56. The lowest BCUT2D eigenvalue weighted by atomic mass is 9.95. The number of benzene rings is 4. The number of hydrogen-bond donors (Lipinski definition) is 1. The second-order valence-electron chi connectivity index (χ2n) is 8.11. The van der Waals surface area contributed by atoms with E-state index < -0.39 is 0 Å². The van der Waals surface area contributed by atoms with E-state index >= 15 is 0 Å². The number of ether oxygens (including phenoxy) is 1. The van der Waals surface area contributed by atoms with Crippen molar-refractivity contribution >= 4 is 39.6 Å². The molecule has 1 N–H and O–H groups in total. The maximum atomic E-state index is 6.68. The average Bonchev–Trinajstić information content (AvgIpc) is 2.82. The molecule has 4 heteroatoms. The Labute approximate surface area is 186 Å². The van der Waals surface area contributed by atoms with Gasteiger partial charge in [-0.25, -0.2) is 0 Å². The van der Waals surface area contributed by atoms with Gasteiger partial charge in [0, 0.05) is 30.2 Å². The quantitative estimate of drug-likeness (QED) is 0.379. The van der Waals surface area contributed by atoms with Crippen LogP contribution in [-0.2, 0) is 0 Å². The molecule has 2 aliphatic rings. The number of anilines is 2. The summed E-state index contributed by atoms with van der Waals surface area (Å²) in [7, 11) is 4.12. The van der Waals surface area contributed by atoms with Crippen molar-refractivity contribution in [1.82, 2.24) is 0 Å². The molecular weight excluding hydrogens is 400 g/mol. The van der Waals surface area contributed by atoms with E-state index in [1.54, 1.807) is 0 Å². The monoisotopic (exact) mass is 422 g/mol. The van der Waals surface area contributed by atoms with Crippen molar-refractivity contribution in [2.24, 2.45) is 0 Å². The first-order valence-corrected chi connectivity index (χ1v) is 11.2. The summed E-state index contributed by atoms with van der Waals surface area (Å²) in [6.07, 6.45) is -0.147. The molecule has 152 valence electrons. The van der Waals surface area contributed by atoms with Gasteiger partial charge in [0.15, 0.2) is 6.10 Å². The third-order valence-electron chi connectivity index (χ3n) is 5.95. The van der Waals surface area contributed by atoms with Crippen LogP contribution in [0.2, 0.25) is 0 Å². The summed E-state index contributed by atoms with van der Waals surface area (Å²) in [5, 5.41) is 6.18. The van der Waals surface area contributed by atoms with E-state index in [9.17, 15) is 0 Å². The lowest BCUT2D eigenvalue weighted by Gasteiger charge is -2.35. The van der Waals surface area contributed by atoms with Crippen molar-refractivity contribution in [3.05, 3.63) is 101 Å². The molecule has 0 aromatic heterocycles. The van der Waals surface area contributed by atoms with Crippen LogP contribution in [0.1, 0.15) is 17.2 Å². The number of hydrogen-bond acceptors (Lipinski definition) is 4. The molecule has 2 heterocycles. The molecule has 0 spiro atoms. The van der Waals surface area contributed by atoms with Gasteiger partial charge >= 0.3 is 0 Å². The van der Waals surface area contributed by atoms with Gasteiger partial charge in [0.25, 0.3) is 0 Å². The number of nitrogens with zero attached hydrogens (tertiary/aromatic N) is 1. The molecule has 0 aliphatic carbocycles. The maximum absolute atomic E-state index is 6.68. The minimum atomic E-state index is -0.147. The topological polar surface area (TPSA) is 24.5 Å². The van der Waals surface area contributed by atoms with Crippen LogP contribution in [0.4, 0.5) is 11.4 Å². The highest BCUT2D eigenvalue weighted by molar-refractivity contribution is 8.03. The maximum Gasteiger partial charge on any atom is 0.157 e. The molecule has 0 amide bonds. The van der Waals surface area contributed by atoms with E-state index in [0.29, 0.717) is 0 Å². The molecule has 6 rings (SSSR count). The van der Waals surface area contributed by atoms with Crippen molar-refractivity contribution in [1.29, 1.82) is 0 Å². The number of nitrogens with one attached hydrogen (secondary N) is 1. The number of thioether (sulfide) groups is 1. The lowest BCUT2D eigenvalue weighted by molar-refractivity contribution is 0.247. The molecule has 4 aromatic carbocycles. The molecule has 0 saturated heterocycles. The van der Waals surface area contributed by atoms with E-state index in [2.05, 4.69) is 109 Å². The SMILES string of the molecule is CN(C)c1ccc(C2Oc3ccc4ccccc4c3C3=C2Sc2ccccc2N3)cc1. The van der Waals surface area contributed by atoms with Crippen LogP contribution in [0.5, 0.6) is 5.75 Å². The van der Waals surface area contributed by atoms with Crippen LogP contribution in [0.15, 0.2) is 94.7 Å². The fourth-order valence-electron chi connectivity index (χ4n) is 4.35. The van der Waals surface area contributed by atoms with E-state index in [0.717, 1.165) is 28.3 Å². The Morgan fingerprint density at radius 2 is 1.61 bits per heavy atom. The molecule has 0 bridgehead atoms. The molecule has 3 nitrogen and oxygen atoms in total. The van der Waals surface area contributed by atoms with Gasteiger partial charge < -0.3 is 15.0 Å². The zero-order chi connectivity index (χ0) is 20.9. The highest BCUT2D eigenvalue weighted by Gasteiger charge is 2.35. The fourth-order valence-corrected chi connectivity index (χ4v) is 5.51. The van der Waals surface area contributed by atoms with Gasteiger partial charge in [-0.2, -0.15) is 0 Å². The molecule has 0 radical (unpaired) electrons. The summed E-state index contributed by atoms with van der Waals surface area (Å²) >= 11 is 1.81. The van der Waals surface area contributed by atoms with Crippen molar-refractivity contribution in [2.45, 2.75) is 11.0 Å². The predicted molar refractivity (Wildman–Crippen MR) is 131 cm³/mol. The van der Waals surface area contributed by atoms with Crippen LogP contribution < -0.4 is 15.0 Å². The Kier molecular flexibility index (Phi) is 4.22. The summed E-state index contributed by atoms with van der Waals surface area (Å²) in [6, 6.07) is 29.9. The average molecular weight is 423 g/mol. The first-order chi connectivity index (χ1) is 15.2. The van der Waals surface area contributed by atoms with Gasteiger partial charge in [-0.05, 0) is 46.7 Å². The molecular formula is C27H22N2OS. The van der Waals surface area contributed by atoms with E-state index in [-0.39, 0.29) is 6.10 Å². The van der Waals surface area contributed by atoms with Crippen LogP contribution >= 0.6 is 11.8 Å². The van der Waals surface area contributed by atoms with Crippen molar-refractivity contribution < 1.29 is 4.74 Å². The minimum absolute atomic E-state index is 0.147. The smallest absolute Gasteiger partial charge is 0.157 e. The van der Waals surface area contributed by atoms with E-state index in [1.807, 2.05) is 11.8 Å². The highest BCUT2D eigenvalue weighted by atomic mass is 32.2. The largest absolute Gasteiger partial charge is 0.480 e. The third-order valence-corrected chi connectivity index (χ3v) is 7.16.